The number of hydrogen-bond acceptors (Lipinski definition) is 5. The SMILES string of the molecule is CCNC(Cc1cncs1)c1cc(C)nnc1C. The van der Waals surface area contributed by atoms with Crippen molar-refractivity contribution in [3.63, 3.8) is 0 Å². The number of thiazole rings is 1. The van der Waals surface area contributed by atoms with Gasteiger partial charge in [0, 0.05) is 23.5 Å². The summed E-state index contributed by atoms with van der Waals surface area (Å²) >= 11 is 1.69. The lowest BCUT2D eigenvalue weighted by molar-refractivity contribution is 0.545. The van der Waals surface area contributed by atoms with Gasteiger partial charge in [0.15, 0.2) is 0 Å². The van der Waals surface area contributed by atoms with Gasteiger partial charge in [0.2, 0.25) is 0 Å². The molecule has 2 rings (SSSR count). The van der Waals surface area contributed by atoms with Crippen molar-refractivity contribution >= 4 is 11.3 Å². The summed E-state index contributed by atoms with van der Waals surface area (Å²) in [7, 11) is 0. The molecule has 1 unspecified atom stereocenters. The molecule has 1 atom stereocenters. The maximum atomic E-state index is 4.21. The molecule has 0 aliphatic carbocycles. The first-order valence-electron chi connectivity index (χ1n) is 6.12. The number of likely N-dealkylation sites (N-methyl/N-ethyl adjacent to an activating group) is 1. The van der Waals surface area contributed by atoms with Crippen molar-refractivity contribution < 1.29 is 0 Å². The van der Waals surface area contributed by atoms with Crippen LogP contribution in [0.25, 0.3) is 0 Å². The maximum absolute atomic E-state index is 4.21. The summed E-state index contributed by atoms with van der Waals surface area (Å²) < 4.78 is 0. The average molecular weight is 262 g/mol. The summed E-state index contributed by atoms with van der Waals surface area (Å²) in [5.74, 6) is 0. The molecule has 0 bridgehead atoms. The van der Waals surface area contributed by atoms with E-state index in [1.807, 2.05) is 25.6 Å². The Labute approximate surface area is 111 Å². The van der Waals surface area contributed by atoms with E-state index in [2.05, 4.69) is 33.5 Å². The van der Waals surface area contributed by atoms with Crippen LogP contribution in [0, 0.1) is 13.8 Å². The van der Waals surface area contributed by atoms with Gasteiger partial charge in [-0.1, -0.05) is 6.92 Å². The maximum Gasteiger partial charge on any atom is 0.0794 e. The summed E-state index contributed by atoms with van der Waals surface area (Å²) in [6.45, 7) is 7.05. The minimum atomic E-state index is 0.282. The summed E-state index contributed by atoms with van der Waals surface area (Å²) in [6, 6.07) is 2.40. The van der Waals surface area contributed by atoms with Gasteiger partial charge in [-0.05, 0) is 32.0 Å². The van der Waals surface area contributed by atoms with Crippen LogP contribution in [0.3, 0.4) is 0 Å². The molecule has 2 aromatic rings. The van der Waals surface area contributed by atoms with E-state index in [0.29, 0.717) is 0 Å². The third-order valence-corrected chi connectivity index (χ3v) is 3.66. The lowest BCUT2D eigenvalue weighted by Gasteiger charge is -2.19. The molecule has 5 heteroatoms. The molecular formula is C13H18N4S. The molecule has 1 N–H and O–H groups in total. The van der Waals surface area contributed by atoms with Crippen molar-refractivity contribution in [1.82, 2.24) is 20.5 Å². The fourth-order valence-corrected chi connectivity index (χ4v) is 2.65. The summed E-state index contributed by atoms with van der Waals surface area (Å²) in [4.78, 5) is 5.42. The minimum Gasteiger partial charge on any atom is -0.310 e. The molecule has 0 radical (unpaired) electrons. The van der Waals surface area contributed by atoms with Crippen LogP contribution in [0.1, 0.15) is 34.8 Å². The van der Waals surface area contributed by atoms with Crippen molar-refractivity contribution in [2.75, 3.05) is 6.54 Å². The van der Waals surface area contributed by atoms with Crippen molar-refractivity contribution in [2.45, 2.75) is 33.2 Å². The predicted molar refractivity (Wildman–Crippen MR) is 73.7 cm³/mol. The smallest absolute Gasteiger partial charge is 0.0794 e. The number of aryl methyl sites for hydroxylation is 2. The van der Waals surface area contributed by atoms with Gasteiger partial charge in [-0.25, -0.2) is 0 Å². The Balaban J connectivity index is 2.26. The van der Waals surface area contributed by atoms with Crippen LogP contribution in [0.4, 0.5) is 0 Å². The van der Waals surface area contributed by atoms with Crippen molar-refractivity contribution in [2.24, 2.45) is 0 Å². The number of nitrogens with zero attached hydrogens (tertiary/aromatic N) is 3. The highest BCUT2D eigenvalue weighted by molar-refractivity contribution is 7.09. The van der Waals surface area contributed by atoms with E-state index < -0.39 is 0 Å². The van der Waals surface area contributed by atoms with E-state index in [0.717, 1.165) is 24.4 Å². The number of nitrogens with one attached hydrogen (secondary N) is 1. The normalized spacial score (nSPS) is 12.6. The Morgan fingerprint density at radius 1 is 1.33 bits per heavy atom. The van der Waals surface area contributed by atoms with E-state index >= 15 is 0 Å². The molecule has 2 heterocycles. The Hall–Kier alpha value is -1.33. The Morgan fingerprint density at radius 2 is 2.17 bits per heavy atom. The molecule has 0 saturated heterocycles. The van der Waals surface area contributed by atoms with Crippen molar-refractivity contribution in [1.29, 1.82) is 0 Å². The second-order valence-corrected chi connectivity index (χ2v) is 5.28. The van der Waals surface area contributed by atoms with Gasteiger partial charge in [0.1, 0.15) is 0 Å². The topological polar surface area (TPSA) is 50.7 Å². The monoisotopic (exact) mass is 262 g/mol. The molecule has 18 heavy (non-hydrogen) atoms. The van der Waals surface area contributed by atoms with Crippen LogP contribution in [-0.4, -0.2) is 21.7 Å². The van der Waals surface area contributed by atoms with Crippen LogP contribution in [0.2, 0.25) is 0 Å². The largest absolute Gasteiger partial charge is 0.310 e. The molecule has 0 fully saturated rings. The van der Waals surface area contributed by atoms with Gasteiger partial charge in [-0.3, -0.25) is 4.98 Å². The van der Waals surface area contributed by atoms with E-state index in [1.54, 1.807) is 11.3 Å². The second kappa shape index (κ2) is 6.02. The Kier molecular flexibility index (Phi) is 4.38. The number of hydrogen-bond donors (Lipinski definition) is 1. The van der Waals surface area contributed by atoms with Crippen molar-refractivity contribution in [3.8, 4) is 0 Å². The molecule has 4 nitrogen and oxygen atoms in total. The van der Waals surface area contributed by atoms with Crippen LogP contribution in [0.15, 0.2) is 17.8 Å². The highest BCUT2D eigenvalue weighted by atomic mass is 32.1. The summed E-state index contributed by atoms with van der Waals surface area (Å²) in [5, 5.41) is 11.8. The first kappa shape index (κ1) is 13.1. The zero-order chi connectivity index (χ0) is 13.0. The average Bonchev–Trinajstić information content (AvgIpc) is 2.85. The lowest BCUT2D eigenvalue weighted by atomic mass is 10.0. The van der Waals surface area contributed by atoms with Crippen molar-refractivity contribution in [3.05, 3.63) is 39.6 Å². The van der Waals surface area contributed by atoms with Crippen LogP contribution >= 0.6 is 11.3 Å². The third-order valence-electron chi connectivity index (χ3n) is 2.85. The lowest BCUT2D eigenvalue weighted by Crippen LogP contribution is -2.24. The third kappa shape index (κ3) is 3.11. The molecule has 0 aliphatic heterocycles. The highest BCUT2D eigenvalue weighted by Gasteiger charge is 2.15. The second-order valence-electron chi connectivity index (χ2n) is 4.31. The van der Waals surface area contributed by atoms with Gasteiger partial charge in [-0.15, -0.1) is 11.3 Å². The van der Waals surface area contributed by atoms with E-state index in [4.69, 9.17) is 0 Å². The molecule has 0 spiro atoms. The first-order valence-corrected chi connectivity index (χ1v) is 7.00. The molecule has 0 saturated carbocycles. The van der Waals surface area contributed by atoms with Crippen LogP contribution < -0.4 is 5.32 Å². The standard InChI is InChI=1S/C13H18N4S/c1-4-15-13(6-11-7-14-8-18-11)12-5-9(2)16-17-10(12)3/h5,7-8,13,15H,4,6H2,1-3H3. The molecular weight excluding hydrogens is 244 g/mol. The first-order chi connectivity index (χ1) is 8.70. The van der Waals surface area contributed by atoms with Gasteiger partial charge in [0.05, 0.1) is 16.9 Å². The van der Waals surface area contributed by atoms with Crippen LogP contribution in [0.5, 0.6) is 0 Å². The fourth-order valence-electron chi connectivity index (χ4n) is 2.01. The number of rotatable bonds is 5. The van der Waals surface area contributed by atoms with E-state index in [-0.39, 0.29) is 6.04 Å². The zero-order valence-corrected chi connectivity index (χ0v) is 11.8. The molecule has 2 aromatic heterocycles. The Bertz CT molecular complexity index is 496. The minimum absolute atomic E-state index is 0.282. The molecule has 0 aromatic carbocycles. The van der Waals surface area contributed by atoms with Gasteiger partial charge in [0.25, 0.3) is 0 Å². The highest BCUT2D eigenvalue weighted by Crippen LogP contribution is 2.22. The quantitative estimate of drug-likeness (QED) is 0.899. The van der Waals surface area contributed by atoms with E-state index in [9.17, 15) is 0 Å². The Morgan fingerprint density at radius 3 is 2.83 bits per heavy atom. The van der Waals surface area contributed by atoms with Gasteiger partial charge >= 0.3 is 0 Å². The number of aromatic nitrogens is 3. The van der Waals surface area contributed by atoms with Gasteiger partial charge in [-0.2, -0.15) is 10.2 Å². The fraction of sp³-hybridized carbons (Fsp3) is 0.462. The zero-order valence-electron chi connectivity index (χ0n) is 11.0. The molecule has 0 amide bonds. The van der Waals surface area contributed by atoms with Crippen LogP contribution in [-0.2, 0) is 6.42 Å². The molecule has 0 aliphatic rings. The van der Waals surface area contributed by atoms with Gasteiger partial charge < -0.3 is 5.32 Å². The predicted octanol–water partition coefficient (Wildman–Crippen LogP) is 2.44. The summed E-state index contributed by atoms with van der Waals surface area (Å²) in [5.41, 5.74) is 5.07. The molecule has 96 valence electrons. The summed E-state index contributed by atoms with van der Waals surface area (Å²) in [6.07, 6.45) is 2.89. The van der Waals surface area contributed by atoms with E-state index in [1.165, 1.54) is 10.4 Å².